The Balaban J connectivity index is 2.41. The van der Waals surface area contributed by atoms with Crippen molar-refractivity contribution in [3.05, 3.63) is 28.0 Å². The van der Waals surface area contributed by atoms with Gasteiger partial charge in [0.1, 0.15) is 21.5 Å². The van der Waals surface area contributed by atoms with Crippen molar-refractivity contribution in [2.75, 3.05) is 0 Å². The summed E-state index contributed by atoms with van der Waals surface area (Å²) in [7, 11) is 0. The molecule has 6 heteroatoms. The van der Waals surface area contributed by atoms with Crippen molar-refractivity contribution in [2.45, 2.75) is 13.3 Å². The number of aryl methyl sites for hydroxylation is 1. The molecule has 2 heterocycles. The lowest BCUT2D eigenvalue weighted by Gasteiger charge is -1.89. The standard InChI is InChI=1S/C10H9ClN2O2S/c1-2-7-12-8(9(11)13-7)5-3-4-6(16-5)10(14)15/h3-4H,2H2,1H3,(H,12,13)(H,14,15). The SMILES string of the molecule is CCc1nc(-c2ccc(C(=O)O)s2)c(Cl)[nH]1. The van der Waals surface area contributed by atoms with E-state index in [0.29, 0.717) is 10.8 Å². The molecule has 0 aliphatic heterocycles. The van der Waals surface area contributed by atoms with Gasteiger partial charge < -0.3 is 10.1 Å². The van der Waals surface area contributed by atoms with E-state index in [4.69, 9.17) is 16.7 Å². The van der Waals surface area contributed by atoms with E-state index >= 15 is 0 Å². The second-order valence-electron chi connectivity index (χ2n) is 3.17. The molecule has 0 bridgehead atoms. The molecule has 4 nitrogen and oxygen atoms in total. The molecule has 2 aromatic heterocycles. The first-order valence-electron chi connectivity index (χ1n) is 4.69. The number of thiophene rings is 1. The van der Waals surface area contributed by atoms with Crippen LogP contribution in [0.25, 0.3) is 10.6 Å². The zero-order chi connectivity index (χ0) is 11.7. The number of halogens is 1. The fourth-order valence-electron chi connectivity index (χ4n) is 1.31. The van der Waals surface area contributed by atoms with Gasteiger partial charge in [0.05, 0.1) is 4.88 Å². The van der Waals surface area contributed by atoms with E-state index in [0.717, 1.165) is 17.1 Å². The summed E-state index contributed by atoms with van der Waals surface area (Å²) in [6.45, 7) is 1.97. The molecule has 0 radical (unpaired) electrons. The summed E-state index contributed by atoms with van der Waals surface area (Å²) in [5, 5.41) is 9.27. The molecule has 0 amide bonds. The van der Waals surface area contributed by atoms with Gasteiger partial charge in [-0.1, -0.05) is 18.5 Å². The largest absolute Gasteiger partial charge is 0.477 e. The van der Waals surface area contributed by atoms with Crippen molar-refractivity contribution in [2.24, 2.45) is 0 Å². The summed E-state index contributed by atoms with van der Waals surface area (Å²) in [6.07, 6.45) is 0.761. The molecule has 0 aliphatic rings. The maximum absolute atomic E-state index is 10.7. The molecule has 2 N–H and O–H groups in total. The Morgan fingerprint density at radius 2 is 2.38 bits per heavy atom. The number of H-pyrrole nitrogens is 1. The van der Waals surface area contributed by atoms with E-state index in [-0.39, 0.29) is 4.88 Å². The lowest BCUT2D eigenvalue weighted by atomic mass is 10.3. The highest BCUT2D eigenvalue weighted by atomic mass is 35.5. The number of aromatic carboxylic acids is 1. The summed E-state index contributed by atoms with van der Waals surface area (Å²) < 4.78 is 0. The second kappa shape index (κ2) is 4.27. The maximum atomic E-state index is 10.7. The molecule has 84 valence electrons. The van der Waals surface area contributed by atoms with E-state index < -0.39 is 5.97 Å². The molecule has 0 aliphatic carbocycles. The number of aromatic amines is 1. The van der Waals surface area contributed by atoms with Gasteiger partial charge in [0, 0.05) is 6.42 Å². The van der Waals surface area contributed by atoms with Gasteiger partial charge in [-0.3, -0.25) is 0 Å². The fraction of sp³-hybridized carbons (Fsp3) is 0.200. The molecule has 0 saturated heterocycles. The van der Waals surface area contributed by atoms with Crippen LogP contribution in [0.5, 0.6) is 0 Å². The second-order valence-corrected chi connectivity index (χ2v) is 4.63. The molecule has 2 rings (SSSR count). The quantitative estimate of drug-likeness (QED) is 0.887. The molecule has 2 aromatic rings. The van der Waals surface area contributed by atoms with Crippen LogP contribution in [0.1, 0.15) is 22.4 Å². The average molecular weight is 257 g/mol. The monoisotopic (exact) mass is 256 g/mol. The van der Waals surface area contributed by atoms with E-state index in [1.807, 2.05) is 6.92 Å². The van der Waals surface area contributed by atoms with E-state index in [2.05, 4.69) is 9.97 Å². The number of hydrogen-bond donors (Lipinski definition) is 2. The average Bonchev–Trinajstić information content (AvgIpc) is 2.83. The van der Waals surface area contributed by atoms with Crippen molar-refractivity contribution >= 4 is 28.9 Å². The zero-order valence-corrected chi connectivity index (χ0v) is 10.0. The van der Waals surface area contributed by atoms with Crippen LogP contribution in [0.15, 0.2) is 12.1 Å². The third kappa shape index (κ3) is 1.96. The van der Waals surface area contributed by atoms with Gasteiger partial charge in [-0.2, -0.15) is 0 Å². The maximum Gasteiger partial charge on any atom is 0.345 e. The van der Waals surface area contributed by atoms with Crippen molar-refractivity contribution in [3.8, 4) is 10.6 Å². The summed E-state index contributed by atoms with van der Waals surface area (Å²) in [5.41, 5.74) is 0.621. The molecule has 0 unspecified atom stereocenters. The van der Waals surface area contributed by atoms with Gasteiger partial charge in [0.15, 0.2) is 0 Å². The van der Waals surface area contributed by atoms with Crippen LogP contribution in [0.2, 0.25) is 5.15 Å². The first-order chi connectivity index (χ1) is 7.61. The predicted octanol–water partition coefficient (Wildman–Crippen LogP) is 3.05. The van der Waals surface area contributed by atoms with Crippen LogP contribution < -0.4 is 0 Å². The number of hydrogen-bond acceptors (Lipinski definition) is 3. The van der Waals surface area contributed by atoms with Gasteiger partial charge in [0.25, 0.3) is 0 Å². The Morgan fingerprint density at radius 1 is 1.62 bits per heavy atom. The topological polar surface area (TPSA) is 66.0 Å². The fourth-order valence-corrected chi connectivity index (χ4v) is 2.46. The lowest BCUT2D eigenvalue weighted by molar-refractivity contribution is 0.0702. The summed E-state index contributed by atoms with van der Waals surface area (Å²) >= 11 is 7.15. The van der Waals surface area contributed by atoms with Gasteiger partial charge >= 0.3 is 5.97 Å². The van der Waals surface area contributed by atoms with Gasteiger partial charge in [-0.05, 0) is 12.1 Å². The molecular weight excluding hydrogens is 248 g/mol. The third-order valence-electron chi connectivity index (χ3n) is 2.09. The predicted molar refractivity (Wildman–Crippen MR) is 63.2 cm³/mol. The van der Waals surface area contributed by atoms with Crippen LogP contribution in [-0.4, -0.2) is 21.0 Å². The Labute approximate surface area is 101 Å². The smallest absolute Gasteiger partial charge is 0.345 e. The minimum atomic E-state index is -0.932. The Morgan fingerprint density at radius 3 is 2.88 bits per heavy atom. The summed E-state index contributed by atoms with van der Waals surface area (Å²) in [6, 6.07) is 3.27. The lowest BCUT2D eigenvalue weighted by Crippen LogP contribution is -1.89. The molecule has 0 atom stereocenters. The van der Waals surface area contributed by atoms with Crippen molar-refractivity contribution < 1.29 is 9.90 Å². The van der Waals surface area contributed by atoms with E-state index in [9.17, 15) is 4.79 Å². The van der Waals surface area contributed by atoms with Crippen LogP contribution >= 0.6 is 22.9 Å². The van der Waals surface area contributed by atoms with Crippen LogP contribution in [0, 0.1) is 0 Å². The first-order valence-corrected chi connectivity index (χ1v) is 5.89. The van der Waals surface area contributed by atoms with E-state index in [1.165, 1.54) is 11.3 Å². The van der Waals surface area contributed by atoms with Crippen LogP contribution in [0.4, 0.5) is 0 Å². The van der Waals surface area contributed by atoms with Gasteiger partial charge in [0.2, 0.25) is 0 Å². The number of carbonyl (C=O) groups is 1. The van der Waals surface area contributed by atoms with Crippen LogP contribution in [-0.2, 0) is 6.42 Å². The van der Waals surface area contributed by atoms with Crippen molar-refractivity contribution in [1.82, 2.24) is 9.97 Å². The third-order valence-corrected chi connectivity index (χ3v) is 3.45. The Kier molecular flexibility index (Phi) is 2.98. The number of aromatic nitrogens is 2. The number of imidazole rings is 1. The minimum absolute atomic E-state index is 0.284. The molecule has 0 aromatic carbocycles. The molecule has 16 heavy (non-hydrogen) atoms. The minimum Gasteiger partial charge on any atom is -0.477 e. The summed E-state index contributed by atoms with van der Waals surface area (Å²) in [5.74, 6) is -0.135. The number of nitrogens with zero attached hydrogens (tertiary/aromatic N) is 1. The van der Waals surface area contributed by atoms with Gasteiger partial charge in [-0.15, -0.1) is 11.3 Å². The number of carboxylic acid groups (broad SMARTS) is 1. The first kappa shape index (κ1) is 11.2. The highest BCUT2D eigenvalue weighted by molar-refractivity contribution is 7.17. The molecular formula is C10H9ClN2O2S. The summed E-state index contributed by atoms with van der Waals surface area (Å²) in [4.78, 5) is 19.0. The molecule has 0 fully saturated rings. The number of carboxylic acids is 1. The van der Waals surface area contributed by atoms with Crippen molar-refractivity contribution in [3.63, 3.8) is 0 Å². The van der Waals surface area contributed by atoms with Gasteiger partial charge in [-0.25, -0.2) is 9.78 Å². The highest BCUT2D eigenvalue weighted by Crippen LogP contribution is 2.31. The number of rotatable bonds is 3. The Bertz CT molecular complexity index is 533. The molecule has 0 spiro atoms. The molecule has 0 saturated carbocycles. The van der Waals surface area contributed by atoms with E-state index in [1.54, 1.807) is 12.1 Å². The normalized spacial score (nSPS) is 10.6. The van der Waals surface area contributed by atoms with Crippen LogP contribution in [0.3, 0.4) is 0 Å². The number of nitrogens with one attached hydrogen (secondary N) is 1. The zero-order valence-electron chi connectivity index (χ0n) is 8.45. The Hall–Kier alpha value is -1.33. The van der Waals surface area contributed by atoms with Crippen molar-refractivity contribution in [1.29, 1.82) is 0 Å². The highest BCUT2D eigenvalue weighted by Gasteiger charge is 2.14.